The van der Waals surface area contributed by atoms with Crippen molar-refractivity contribution < 1.29 is 0 Å². The summed E-state index contributed by atoms with van der Waals surface area (Å²) in [6.07, 6.45) is 9.30. The molecule has 96 valence electrons. The summed E-state index contributed by atoms with van der Waals surface area (Å²) in [5.74, 6) is 0. The molecular weight excluding hydrogens is 244 g/mol. The number of nitrogens with zero attached hydrogens (tertiary/aromatic N) is 1. The summed E-state index contributed by atoms with van der Waals surface area (Å²) < 4.78 is 0. The van der Waals surface area contributed by atoms with E-state index >= 15 is 0 Å². The highest BCUT2D eigenvalue weighted by Crippen LogP contribution is 2.36. The van der Waals surface area contributed by atoms with Crippen LogP contribution in [0.25, 0.3) is 22.2 Å². The van der Waals surface area contributed by atoms with Crippen molar-refractivity contribution >= 4 is 22.2 Å². The van der Waals surface area contributed by atoms with Crippen LogP contribution in [-0.2, 0) is 0 Å². The Labute approximate surface area is 117 Å². The van der Waals surface area contributed by atoms with Crippen molar-refractivity contribution in [2.45, 2.75) is 6.42 Å². The molecule has 2 heterocycles. The first-order valence-electron chi connectivity index (χ1n) is 6.79. The number of hydrogen-bond donors (Lipinski definition) is 1. The maximum absolute atomic E-state index is 4.35. The Morgan fingerprint density at radius 2 is 1.75 bits per heavy atom. The van der Waals surface area contributed by atoms with E-state index in [9.17, 15) is 0 Å². The van der Waals surface area contributed by atoms with E-state index in [-0.39, 0.29) is 0 Å². The third kappa shape index (κ3) is 1.77. The number of aromatic amines is 1. The van der Waals surface area contributed by atoms with Crippen molar-refractivity contribution in [3.63, 3.8) is 0 Å². The number of benzene rings is 1. The van der Waals surface area contributed by atoms with Gasteiger partial charge in [-0.2, -0.15) is 0 Å². The number of nitrogens with one attached hydrogen (secondary N) is 1. The lowest BCUT2D eigenvalue weighted by Crippen LogP contribution is -1.84. The minimum absolute atomic E-state index is 0.955. The van der Waals surface area contributed by atoms with Crippen LogP contribution < -0.4 is 0 Å². The lowest BCUT2D eigenvalue weighted by atomic mass is 9.99. The number of rotatable bonds is 2. The number of hydrogen-bond acceptors (Lipinski definition) is 1. The molecule has 0 radical (unpaired) electrons. The molecule has 0 atom stereocenters. The molecule has 0 saturated heterocycles. The van der Waals surface area contributed by atoms with E-state index in [0.717, 1.165) is 12.1 Å². The third-order valence-electron chi connectivity index (χ3n) is 3.81. The van der Waals surface area contributed by atoms with E-state index in [1.54, 1.807) is 0 Å². The molecule has 20 heavy (non-hydrogen) atoms. The summed E-state index contributed by atoms with van der Waals surface area (Å²) in [7, 11) is 0. The van der Waals surface area contributed by atoms with E-state index in [1.165, 1.54) is 27.7 Å². The molecule has 3 aromatic rings. The molecule has 0 unspecified atom stereocenters. The Kier molecular flexibility index (Phi) is 2.52. The van der Waals surface area contributed by atoms with Gasteiger partial charge in [-0.1, -0.05) is 42.5 Å². The Morgan fingerprint density at radius 1 is 0.900 bits per heavy atom. The van der Waals surface area contributed by atoms with Gasteiger partial charge in [0.15, 0.2) is 0 Å². The zero-order valence-corrected chi connectivity index (χ0v) is 11.0. The van der Waals surface area contributed by atoms with Crippen molar-refractivity contribution in [3.8, 4) is 0 Å². The van der Waals surface area contributed by atoms with Crippen molar-refractivity contribution in [2.24, 2.45) is 0 Å². The first-order valence-corrected chi connectivity index (χ1v) is 6.79. The van der Waals surface area contributed by atoms with Crippen LogP contribution >= 0.6 is 0 Å². The smallest absolute Gasteiger partial charge is 0.137 e. The van der Waals surface area contributed by atoms with Gasteiger partial charge in [-0.25, -0.2) is 4.98 Å². The summed E-state index contributed by atoms with van der Waals surface area (Å²) in [6, 6.07) is 14.7. The fraction of sp³-hybridized carbons (Fsp3) is 0.0556. The van der Waals surface area contributed by atoms with E-state index in [0.29, 0.717) is 0 Å². The molecule has 1 aromatic carbocycles. The topological polar surface area (TPSA) is 28.7 Å². The molecule has 0 fully saturated rings. The lowest BCUT2D eigenvalue weighted by molar-refractivity contribution is 1.32. The molecule has 2 nitrogen and oxygen atoms in total. The Morgan fingerprint density at radius 3 is 2.65 bits per heavy atom. The van der Waals surface area contributed by atoms with Crippen LogP contribution in [0.2, 0.25) is 0 Å². The standard InChI is InChI=1S/C18H14N2/c1-2-5-13(6-3-1)14-8-9-15(11-14)17-12-20-18-16(17)7-4-10-19-18/h1-10,12H,11H2,(H,19,20). The van der Waals surface area contributed by atoms with Gasteiger partial charge >= 0.3 is 0 Å². The molecule has 4 rings (SSSR count). The van der Waals surface area contributed by atoms with Crippen molar-refractivity contribution in [3.05, 3.63) is 78.1 Å². The minimum Gasteiger partial charge on any atom is -0.346 e. The molecule has 1 N–H and O–H groups in total. The molecule has 1 aliphatic carbocycles. The van der Waals surface area contributed by atoms with Crippen LogP contribution in [0, 0.1) is 0 Å². The Hall–Kier alpha value is -2.61. The van der Waals surface area contributed by atoms with Crippen molar-refractivity contribution in [1.82, 2.24) is 9.97 Å². The van der Waals surface area contributed by atoms with Gasteiger partial charge in [-0.15, -0.1) is 0 Å². The summed E-state index contributed by atoms with van der Waals surface area (Å²) in [5.41, 5.74) is 6.24. The van der Waals surface area contributed by atoms with Gasteiger partial charge in [0.2, 0.25) is 0 Å². The van der Waals surface area contributed by atoms with E-state index in [1.807, 2.05) is 12.3 Å². The summed E-state index contributed by atoms with van der Waals surface area (Å²) in [5, 5.41) is 1.20. The van der Waals surface area contributed by atoms with Crippen LogP contribution in [0.5, 0.6) is 0 Å². The van der Waals surface area contributed by atoms with E-state index in [2.05, 4.69) is 64.7 Å². The third-order valence-corrected chi connectivity index (χ3v) is 3.81. The van der Waals surface area contributed by atoms with E-state index in [4.69, 9.17) is 0 Å². The maximum atomic E-state index is 4.35. The van der Waals surface area contributed by atoms with Gasteiger partial charge in [0.05, 0.1) is 0 Å². The largest absolute Gasteiger partial charge is 0.346 e. The fourth-order valence-corrected chi connectivity index (χ4v) is 2.78. The van der Waals surface area contributed by atoms with Gasteiger partial charge < -0.3 is 4.98 Å². The van der Waals surface area contributed by atoms with Gasteiger partial charge in [0, 0.05) is 23.3 Å². The normalized spacial score (nSPS) is 14.4. The molecule has 0 saturated carbocycles. The average molecular weight is 258 g/mol. The SMILES string of the molecule is C1=C(c2ccccc2)CC(c2c[nH]c3ncccc23)=C1. The fourth-order valence-electron chi connectivity index (χ4n) is 2.78. The maximum Gasteiger partial charge on any atom is 0.137 e. The first kappa shape index (κ1) is 11.2. The molecular formula is C18H14N2. The van der Waals surface area contributed by atoms with Crippen LogP contribution in [0.3, 0.4) is 0 Å². The number of H-pyrrole nitrogens is 1. The van der Waals surface area contributed by atoms with Crippen LogP contribution in [0.15, 0.2) is 67.0 Å². The first-order chi connectivity index (χ1) is 9.92. The van der Waals surface area contributed by atoms with E-state index < -0.39 is 0 Å². The second-order valence-corrected chi connectivity index (χ2v) is 5.03. The summed E-state index contributed by atoms with van der Waals surface area (Å²) in [6.45, 7) is 0. The monoisotopic (exact) mass is 258 g/mol. The molecule has 0 spiro atoms. The number of fused-ring (bicyclic) bond motifs is 1. The Bertz CT molecular complexity index is 823. The van der Waals surface area contributed by atoms with Gasteiger partial charge in [-0.3, -0.25) is 0 Å². The Balaban J connectivity index is 1.67. The number of aromatic nitrogens is 2. The molecule has 0 bridgehead atoms. The molecule has 2 heteroatoms. The summed E-state index contributed by atoms with van der Waals surface area (Å²) in [4.78, 5) is 7.60. The predicted molar refractivity (Wildman–Crippen MR) is 83.1 cm³/mol. The number of allylic oxidation sites excluding steroid dienone is 4. The van der Waals surface area contributed by atoms with Crippen LogP contribution in [-0.4, -0.2) is 9.97 Å². The highest BCUT2D eigenvalue weighted by atomic mass is 14.8. The molecule has 1 aliphatic rings. The lowest BCUT2D eigenvalue weighted by Gasteiger charge is -2.05. The minimum atomic E-state index is 0.955. The molecule has 2 aromatic heterocycles. The highest BCUT2D eigenvalue weighted by Gasteiger charge is 2.15. The predicted octanol–water partition coefficient (Wildman–Crippen LogP) is 4.43. The highest BCUT2D eigenvalue weighted by molar-refractivity contribution is 5.96. The zero-order chi connectivity index (χ0) is 13.4. The second-order valence-electron chi connectivity index (χ2n) is 5.03. The van der Waals surface area contributed by atoms with Crippen molar-refractivity contribution in [1.29, 1.82) is 0 Å². The van der Waals surface area contributed by atoms with Gasteiger partial charge in [0.1, 0.15) is 5.65 Å². The zero-order valence-electron chi connectivity index (χ0n) is 11.0. The van der Waals surface area contributed by atoms with Crippen LogP contribution in [0.4, 0.5) is 0 Å². The van der Waals surface area contributed by atoms with Gasteiger partial charge in [-0.05, 0) is 35.3 Å². The summed E-state index contributed by atoms with van der Waals surface area (Å²) >= 11 is 0. The molecule has 0 aliphatic heterocycles. The average Bonchev–Trinajstić information content (AvgIpc) is 3.14. The van der Waals surface area contributed by atoms with Gasteiger partial charge in [0.25, 0.3) is 0 Å². The molecule has 0 amide bonds. The van der Waals surface area contributed by atoms with Crippen LogP contribution in [0.1, 0.15) is 17.5 Å². The quantitative estimate of drug-likeness (QED) is 0.723. The van der Waals surface area contributed by atoms with Crippen molar-refractivity contribution in [2.75, 3.05) is 0 Å². The second kappa shape index (κ2) is 4.49. The number of pyridine rings is 1.